The summed E-state index contributed by atoms with van der Waals surface area (Å²) in [5.74, 6) is 0.200. The predicted octanol–water partition coefficient (Wildman–Crippen LogP) is 2.95. The van der Waals surface area contributed by atoms with Gasteiger partial charge >= 0.3 is 0 Å². The van der Waals surface area contributed by atoms with Crippen LogP contribution in [0.5, 0.6) is 5.75 Å². The van der Waals surface area contributed by atoms with E-state index in [0.29, 0.717) is 16.6 Å². The van der Waals surface area contributed by atoms with Gasteiger partial charge in [-0.15, -0.1) is 5.10 Å². The van der Waals surface area contributed by atoms with Crippen LogP contribution in [0.1, 0.15) is 17.5 Å². The Bertz CT molecular complexity index is 925. The summed E-state index contributed by atoms with van der Waals surface area (Å²) >= 11 is 1.19. The molecule has 0 aliphatic carbocycles. The summed E-state index contributed by atoms with van der Waals surface area (Å²) in [7, 11) is 1.58. The third-order valence-corrected chi connectivity index (χ3v) is 5.04. The average molecular weight is 396 g/mol. The number of benzene rings is 2. The van der Waals surface area contributed by atoms with Crippen molar-refractivity contribution in [2.24, 2.45) is 10.2 Å². The van der Waals surface area contributed by atoms with E-state index < -0.39 is 5.25 Å². The molecular formula is C20H20N4O3S. The van der Waals surface area contributed by atoms with E-state index in [0.717, 1.165) is 11.1 Å². The zero-order valence-corrected chi connectivity index (χ0v) is 16.3. The Morgan fingerprint density at radius 2 is 2.00 bits per heavy atom. The first kappa shape index (κ1) is 19.6. The standard InChI is InChI=1S/C20H20N4O3S/c1-13-7-9-15(10-8-13)22-18(25)11-17-19(26)23-20(28-17)24-21-12-14-5-3-4-6-16(14)27-2/h3-10,12,17H,11H2,1-2H3,(H,22,25)(H,23,24,26)/b21-12-/t17-/m1/s1. The number of rotatable bonds is 6. The minimum Gasteiger partial charge on any atom is -0.496 e. The Morgan fingerprint density at radius 1 is 1.25 bits per heavy atom. The molecule has 1 heterocycles. The summed E-state index contributed by atoms with van der Waals surface area (Å²) < 4.78 is 5.24. The van der Waals surface area contributed by atoms with Crippen molar-refractivity contribution in [3.63, 3.8) is 0 Å². The maximum Gasteiger partial charge on any atom is 0.240 e. The molecule has 1 saturated heterocycles. The van der Waals surface area contributed by atoms with Crippen molar-refractivity contribution in [3.05, 3.63) is 59.7 Å². The van der Waals surface area contributed by atoms with Gasteiger partial charge in [-0.2, -0.15) is 5.10 Å². The minimum atomic E-state index is -0.536. The summed E-state index contributed by atoms with van der Waals surface area (Å²) in [6, 6.07) is 14.9. The van der Waals surface area contributed by atoms with Gasteiger partial charge in [0.25, 0.3) is 0 Å². The lowest BCUT2D eigenvalue weighted by Crippen LogP contribution is -2.28. The molecule has 1 atom stereocenters. The van der Waals surface area contributed by atoms with E-state index in [1.54, 1.807) is 13.3 Å². The second-order valence-corrected chi connectivity index (χ2v) is 7.30. The van der Waals surface area contributed by atoms with Crippen molar-refractivity contribution in [1.29, 1.82) is 0 Å². The van der Waals surface area contributed by atoms with Gasteiger partial charge in [0.05, 0.1) is 13.3 Å². The Kier molecular flexibility index (Phi) is 6.44. The van der Waals surface area contributed by atoms with E-state index in [9.17, 15) is 9.59 Å². The van der Waals surface area contributed by atoms with E-state index in [1.165, 1.54) is 11.8 Å². The van der Waals surface area contributed by atoms with Gasteiger partial charge in [-0.05, 0) is 31.2 Å². The van der Waals surface area contributed by atoms with E-state index in [4.69, 9.17) is 4.74 Å². The zero-order valence-electron chi connectivity index (χ0n) is 15.5. The van der Waals surface area contributed by atoms with Crippen molar-refractivity contribution in [2.45, 2.75) is 18.6 Å². The number of anilines is 1. The van der Waals surface area contributed by atoms with Crippen LogP contribution < -0.4 is 15.4 Å². The molecule has 2 amide bonds. The maximum absolute atomic E-state index is 12.2. The number of thioether (sulfide) groups is 1. The molecule has 2 aromatic carbocycles. The summed E-state index contributed by atoms with van der Waals surface area (Å²) in [6.07, 6.45) is 1.61. The molecule has 1 aliphatic rings. The van der Waals surface area contributed by atoms with E-state index in [1.807, 2.05) is 55.5 Å². The highest BCUT2D eigenvalue weighted by atomic mass is 32.2. The number of amides is 2. The number of para-hydroxylation sites is 1. The van der Waals surface area contributed by atoms with Gasteiger partial charge < -0.3 is 15.4 Å². The summed E-state index contributed by atoms with van der Waals surface area (Å²) in [5.41, 5.74) is 2.59. The summed E-state index contributed by atoms with van der Waals surface area (Å²) in [5, 5.41) is 13.3. The summed E-state index contributed by atoms with van der Waals surface area (Å²) in [4.78, 5) is 24.3. The number of amidine groups is 1. The zero-order chi connectivity index (χ0) is 19.9. The Morgan fingerprint density at radius 3 is 2.75 bits per heavy atom. The van der Waals surface area contributed by atoms with Crippen LogP contribution in [0.25, 0.3) is 0 Å². The molecule has 1 fully saturated rings. The van der Waals surface area contributed by atoms with Crippen molar-refractivity contribution in [3.8, 4) is 5.75 Å². The number of hydrogen-bond acceptors (Lipinski definition) is 6. The molecule has 1 aliphatic heterocycles. The van der Waals surface area contributed by atoms with Crippen LogP contribution in [0.15, 0.2) is 58.7 Å². The smallest absolute Gasteiger partial charge is 0.240 e. The molecule has 7 nitrogen and oxygen atoms in total. The molecule has 0 spiro atoms. The number of nitrogens with one attached hydrogen (secondary N) is 2. The molecule has 28 heavy (non-hydrogen) atoms. The predicted molar refractivity (Wildman–Crippen MR) is 112 cm³/mol. The highest BCUT2D eigenvalue weighted by Crippen LogP contribution is 2.23. The number of carbonyl (C=O) groups is 2. The monoisotopic (exact) mass is 396 g/mol. The lowest BCUT2D eigenvalue weighted by Gasteiger charge is -2.07. The number of ether oxygens (including phenoxy) is 1. The fraction of sp³-hybridized carbons (Fsp3) is 0.200. The van der Waals surface area contributed by atoms with Gasteiger partial charge in [0, 0.05) is 17.7 Å². The maximum atomic E-state index is 12.2. The SMILES string of the molecule is COc1ccccc1/C=N\N=C1/NC(=O)[C@@H](CC(=O)Nc2ccc(C)cc2)S1. The van der Waals surface area contributed by atoms with Gasteiger partial charge in [-0.25, -0.2) is 0 Å². The van der Waals surface area contributed by atoms with Crippen molar-refractivity contribution in [2.75, 3.05) is 12.4 Å². The third-order valence-electron chi connectivity index (χ3n) is 3.97. The van der Waals surface area contributed by atoms with Gasteiger partial charge in [0.15, 0.2) is 5.17 Å². The fourth-order valence-electron chi connectivity index (χ4n) is 2.52. The number of aryl methyl sites for hydroxylation is 1. The quantitative estimate of drug-likeness (QED) is 0.580. The van der Waals surface area contributed by atoms with Gasteiger partial charge in [0.2, 0.25) is 11.8 Å². The molecule has 8 heteroatoms. The Hall–Kier alpha value is -3.13. The van der Waals surface area contributed by atoms with Crippen molar-refractivity contribution < 1.29 is 14.3 Å². The Balaban J connectivity index is 1.57. The van der Waals surface area contributed by atoms with Gasteiger partial charge in [-0.3, -0.25) is 9.59 Å². The second kappa shape index (κ2) is 9.18. The topological polar surface area (TPSA) is 92.2 Å². The van der Waals surface area contributed by atoms with Crippen LogP contribution in [-0.2, 0) is 9.59 Å². The molecule has 0 bridgehead atoms. The number of carbonyl (C=O) groups excluding carboxylic acids is 2. The molecule has 0 unspecified atom stereocenters. The van der Waals surface area contributed by atoms with E-state index >= 15 is 0 Å². The lowest BCUT2D eigenvalue weighted by atomic mass is 10.2. The van der Waals surface area contributed by atoms with Crippen LogP contribution in [0.4, 0.5) is 5.69 Å². The van der Waals surface area contributed by atoms with Gasteiger partial charge in [-0.1, -0.05) is 41.6 Å². The third kappa shape index (κ3) is 5.20. The average Bonchev–Trinajstić information content (AvgIpc) is 3.03. The molecule has 2 N–H and O–H groups in total. The second-order valence-electron chi connectivity index (χ2n) is 6.11. The molecule has 0 radical (unpaired) electrons. The van der Waals surface area contributed by atoms with Crippen LogP contribution in [0.3, 0.4) is 0 Å². The largest absolute Gasteiger partial charge is 0.496 e. The van der Waals surface area contributed by atoms with Gasteiger partial charge in [0.1, 0.15) is 11.0 Å². The number of nitrogens with zero attached hydrogens (tertiary/aromatic N) is 2. The molecule has 0 saturated carbocycles. The first-order valence-corrected chi connectivity index (χ1v) is 9.51. The van der Waals surface area contributed by atoms with E-state index in [-0.39, 0.29) is 18.2 Å². The van der Waals surface area contributed by atoms with Crippen LogP contribution in [-0.4, -0.2) is 35.6 Å². The van der Waals surface area contributed by atoms with Crippen LogP contribution in [0.2, 0.25) is 0 Å². The number of methoxy groups -OCH3 is 1. The summed E-state index contributed by atoms with van der Waals surface area (Å²) in [6.45, 7) is 1.97. The van der Waals surface area contributed by atoms with E-state index in [2.05, 4.69) is 20.8 Å². The van der Waals surface area contributed by atoms with Crippen molar-refractivity contribution >= 4 is 40.6 Å². The first-order chi connectivity index (χ1) is 13.5. The highest BCUT2D eigenvalue weighted by molar-refractivity contribution is 8.15. The fourth-order valence-corrected chi connectivity index (χ4v) is 3.44. The molecule has 2 aromatic rings. The van der Waals surface area contributed by atoms with Crippen LogP contribution in [0, 0.1) is 6.92 Å². The molecular weight excluding hydrogens is 376 g/mol. The highest BCUT2D eigenvalue weighted by Gasteiger charge is 2.32. The Labute approximate surface area is 167 Å². The van der Waals surface area contributed by atoms with Crippen molar-refractivity contribution in [1.82, 2.24) is 5.32 Å². The van der Waals surface area contributed by atoms with Crippen LogP contribution >= 0.6 is 11.8 Å². The molecule has 144 valence electrons. The lowest BCUT2D eigenvalue weighted by molar-refractivity contribution is -0.122. The molecule has 3 rings (SSSR count). The first-order valence-electron chi connectivity index (χ1n) is 8.63. The molecule has 0 aromatic heterocycles. The normalized spacial score (nSPS) is 17.7. The minimum absolute atomic E-state index is 0.0552. The number of hydrogen-bond donors (Lipinski definition) is 2.